The van der Waals surface area contributed by atoms with E-state index >= 15 is 0 Å². The number of carbonyl (C=O) groups is 1. The number of hydrogen-bond donors (Lipinski definition) is 2. The highest BCUT2D eigenvalue weighted by molar-refractivity contribution is 7.13. The third-order valence-corrected chi connectivity index (χ3v) is 5.51. The van der Waals surface area contributed by atoms with Gasteiger partial charge < -0.3 is 10.3 Å². The zero-order valence-corrected chi connectivity index (χ0v) is 16.0. The van der Waals surface area contributed by atoms with Gasteiger partial charge in [0.05, 0.1) is 27.8 Å². The second-order valence-corrected chi connectivity index (χ2v) is 7.71. The number of aryl methyl sites for hydroxylation is 2. The van der Waals surface area contributed by atoms with Crippen molar-refractivity contribution in [2.45, 2.75) is 26.3 Å². The van der Waals surface area contributed by atoms with Crippen LogP contribution in [0.15, 0.2) is 54.6 Å². The Morgan fingerprint density at radius 3 is 2.52 bits per heavy atom. The van der Waals surface area contributed by atoms with E-state index in [0.29, 0.717) is 11.3 Å². The Balaban J connectivity index is 1.67. The van der Waals surface area contributed by atoms with Crippen LogP contribution in [0.3, 0.4) is 0 Å². The van der Waals surface area contributed by atoms with Crippen LogP contribution >= 0.6 is 11.3 Å². The molecule has 1 atom stereocenters. The Labute approximate surface area is 161 Å². The molecule has 0 aliphatic rings. The number of hydrogen-bond acceptors (Lipinski definition) is 4. The fourth-order valence-corrected chi connectivity index (χ4v) is 3.99. The van der Waals surface area contributed by atoms with Crippen molar-refractivity contribution in [2.75, 3.05) is 0 Å². The molecule has 2 aromatic carbocycles. The molecule has 4 aromatic rings. The number of nitrogens with one attached hydrogen (secondary N) is 2. The molecule has 0 aliphatic heterocycles. The fourth-order valence-electron chi connectivity index (χ4n) is 3.17. The molecule has 2 N–H and O–H groups in total. The summed E-state index contributed by atoms with van der Waals surface area (Å²) in [6.07, 6.45) is 0.656. The van der Waals surface area contributed by atoms with E-state index in [0.717, 1.165) is 33.1 Å². The molecule has 0 radical (unpaired) electrons. The molecule has 0 fully saturated rings. The van der Waals surface area contributed by atoms with E-state index in [1.54, 1.807) is 0 Å². The molecule has 4 rings (SSSR count). The van der Waals surface area contributed by atoms with Gasteiger partial charge in [0.25, 0.3) is 5.91 Å². The monoisotopic (exact) mass is 376 g/mol. The lowest BCUT2D eigenvalue weighted by atomic mass is 10.1. The summed E-state index contributed by atoms with van der Waals surface area (Å²) in [7, 11) is 0. The number of H-pyrrole nitrogens is 1. The summed E-state index contributed by atoms with van der Waals surface area (Å²) in [5.74, 6) is 0.645. The van der Waals surface area contributed by atoms with E-state index in [2.05, 4.69) is 27.4 Å². The number of carbonyl (C=O) groups excluding carboxylic acids is 1. The summed E-state index contributed by atoms with van der Waals surface area (Å²) >= 11 is 1.42. The minimum atomic E-state index is -0.255. The number of imidazole rings is 1. The maximum Gasteiger partial charge on any atom is 0.263 e. The molecule has 0 spiro atoms. The first-order valence-corrected chi connectivity index (χ1v) is 9.65. The van der Waals surface area contributed by atoms with Gasteiger partial charge in [-0.05, 0) is 38.0 Å². The molecule has 5 nitrogen and oxygen atoms in total. The van der Waals surface area contributed by atoms with Crippen LogP contribution < -0.4 is 5.32 Å². The lowest BCUT2D eigenvalue weighted by Crippen LogP contribution is -2.30. The molecule has 2 aromatic heterocycles. The number of rotatable bonds is 5. The van der Waals surface area contributed by atoms with Gasteiger partial charge in [-0.1, -0.05) is 42.5 Å². The number of benzene rings is 2. The van der Waals surface area contributed by atoms with Gasteiger partial charge in [-0.3, -0.25) is 4.79 Å². The molecule has 0 saturated heterocycles. The Morgan fingerprint density at radius 2 is 1.81 bits per heavy atom. The number of fused-ring (bicyclic) bond motifs is 1. The number of thiazole rings is 1. The molecular formula is C21H20N4OS. The Bertz CT molecular complexity index is 1050. The highest BCUT2D eigenvalue weighted by Gasteiger charge is 2.22. The minimum Gasteiger partial charge on any atom is -0.341 e. The van der Waals surface area contributed by atoms with Crippen LogP contribution in [0.5, 0.6) is 0 Å². The zero-order valence-electron chi connectivity index (χ0n) is 15.2. The first-order valence-electron chi connectivity index (χ1n) is 8.83. The van der Waals surface area contributed by atoms with E-state index in [9.17, 15) is 4.79 Å². The Hall–Kier alpha value is -2.99. The van der Waals surface area contributed by atoms with Crippen molar-refractivity contribution in [2.24, 2.45) is 0 Å². The van der Waals surface area contributed by atoms with Gasteiger partial charge in [0.1, 0.15) is 10.7 Å². The van der Waals surface area contributed by atoms with Crippen LogP contribution in [-0.2, 0) is 6.42 Å². The standard InChI is InChI=1S/C21H20N4OS/c1-13-19(27-14(2)22-13)21(26)25-18(12-15-8-4-3-5-9-15)20-23-16-10-6-7-11-17(16)24-20/h3-11,18H,12H2,1-2H3,(H,23,24)(H,25,26)/t18-/m1/s1. The van der Waals surface area contributed by atoms with Crippen molar-refractivity contribution in [3.05, 3.63) is 81.6 Å². The lowest BCUT2D eigenvalue weighted by molar-refractivity contribution is 0.0938. The summed E-state index contributed by atoms with van der Waals surface area (Å²) in [6.45, 7) is 3.78. The van der Waals surface area contributed by atoms with Gasteiger partial charge in [-0.25, -0.2) is 9.97 Å². The smallest absolute Gasteiger partial charge is 0.263 e. The third-order valence-electron chi connectivity index (χ3n) is 4.44. The first-order chi connectivity index (χ1) is 13.1. The number of nitrogens with zero attached hydrogens (tertiary/aromatic N) is 2. The molecule has 0 unspecified atom stereocenters. The van der Waals surface area contributed by atoms with E-state index in [-0.39, 0.29) is 11.9 Å². The molecule has 0 bridgehead atoms. The number of aromatic amines is 1. The molecular weight excluding hydrogens is 356 g/mol. The van der Waals surface area contributed by atoms with Gasteiger partial charge in [0.15, 0.2) is 0 Å². The normalized spacial score (nSPS) is 12.2. The maximum atomic E-state index is 12.9. The third kappa shape index (κ3) is 3.75. The second-order valence-electron chi connectivity index (χ2n) is 6.50. The fraction of sp³-hybridized carbons (Fsp3) is 0.190. The lowest BCUT2D eigenvalue weighted by Gasteiger charge is -2.16. The van der Waals surface area contributed by atoms with E-state index in [4.69, 9.17) is 4.98 Å². The van der Waals surface area contributed by atoms with Gasteiger partial charge in [0.2, 0.25) is 0 Å². The number of para-hydroxylation sites is 2. The summed E-state index contributed by atoms with van der Waals surface area (Å²) in [4.78, 5) is 26.0. The van der Waals surface area contributed by atoms with Crippen molar-refractivity contribution < 1.29 is 4.79 Å². The van der Waals surface area contributed by atoms with Crippen LogP contribution in [0.2, 0.25) is 0 Å². The predicted octanol–water partition coefficient (Wildman–Crippen LogP) is 4.35. The van der Waals surface area contributed by atoms with E-state index in [1.807, 2.05) is 56.3 Å². The quantitative estimate of drug-likeness (QED) is 0.544. The van der Waals surface area contributed by atoms with Gasteiger partial charge >= 0.3 is 0 Å². The summed E-state index contributed by atoms with van der Waals surface area (Å²) in [6, 6.07) is 17.7. The van der Waals surface area contributed by atoms with Crippen molar-refractivity contribution in [1.29, 1.82) is 0 Å². The SMILES string of the molecule is Cc1nc(C)c(C(=O)N[C@H](Cc2ccccc2)c2nc3ccccc3[nH]2)s1. The molecule has 0 aliphatic carbocycles. The van der Waals surface area contributed by atoms with Crippen molar-refractivity contribution in [1.82, 2.24) is 20.3 Å². The van der Waals surface area contributed by atoms with Crippen molar-refractivity contribution in [3.8, 4) is 0 Å². The van der Waals surface area contributed by atoms with Crippen LogP contribution in [0.25, 0.3) is 11.0 Å². The molecule has 6 heteroatoms. The van der Waals surface area contributed by atoms with Crippen molar-refractivity contribution >= 4 is 28.3 Å². The molecule has 27 heavy (non-hydrogen) atoms. The molecule has 1 amide bonds. The van der Waals surface area contributed by atoms with E-state index < -0.39 is 0 Å². The van der Waals surface area contributed by atoms with Gasteiger partial charge in [-0.2, -0.15) is 0 Å². The summed E-state index contributed by atoms with van der Waals surface area (Å²) < 4.78 is 0. The maximum absolute atomic E-state index is 12.9. The van der Waals surface area contributed by atoms with Crippen molar-refractivity contribution in [3.63, 3.8) is 0 Å². The first kappa shape index (κ1) is 17.4. The van der Waals surface area contributed by atoms with Crippen LogP contribution in [0.1, 0.15) is 37.8 Å². The summed E-state index contributed by atoms with van der Waals surface area (Å²) in [5.41, 5.74) is 3.76. The molecule has 136 valence electrons. The number of amides is 1. The number of aromatic nitrogens is 3. The van der Waals surface area contributed by atoms with E-state index in [1.165, 1.54) is 11.3 Å². The Morgan fingerprint density at radius 1 is 1.07 bits per heavy atom. The average Bonchev–Trinajstić information content (AvgIpc) is 3.24. The van der Waals surface area contributed by atoms with Crippen LogP contribution in [0, 0.1) is 13.8 Å². The zero-order chi connectivity index (χ0) is 18.8. The second kappa shape index (κ2) is 7.32. The summed E-state index contributed by atoms with van der Waals surface area (Å²) in [5, 5.41) is 4.04. The van der Waals surface area contributed by atoms with Crippen LogP contribution in [-0.4, -0.2) is 20.9 Å². The average molecular weight is 376 g/mol. The highest BCUT2D eigenvalue weighted by atomic mass is 32.1. The largest absolute Gasteiger partial charge is 0.341 e. The topological polar surface area (TPSA) is 70.7 Å². The van der Waals surface area contributed by atoms with Crippen LogP contribution in [0.4, 0.5) is 0 Å². The minimum absolute atomic E-state index is 0.112. The highest BCUT2D eigenvalue weighted by Crippen LogP contribution is 2.22. The predicted molar refractivity (Wildman–Crippen MR) is 108 cm³/mol. The molecule has 0 saturated carbocycles. The Kier molecular flexibility index (Phi) is 4.73. The van der Waals surface area contributed by atoms with Gasteiger partial charge in [0, 0.05) is 0 Å². The molecule has 2 heterocycles. The van der Waals surface area contributed by atoms with Gasteiger partial charge in [-0.15, -0.1) is 11.3 Å².